The Labute approximate surface area is 62.9 Å². The summed E-state index contributed by atoms with van der Waals surface area (Å²) in [6.07, 6.45) is 0. The maximum atomic E-state index is 10.6. The second-order valence-electron chi connectivity index (χ2n) is 1.57. The molecular formula is C4H3BrN2O3. The van der Waals surface area contributed by atoms with Gasteiger partial charge in [-0.3, -0.25) is 14.8 Å². The summed E-state index contributed by atoms with van der Waals surface area (Å²) >= 11 is 2.75. The molecule has 0 aliphatic rings. The summed E-state index contributed by atoms with van der Waals surface area (Å²) in [6, 6.07) is 0. The molecule has 0 saturated carbocycles. The number of aromatic hydroxyl groups is 1. The quantitative estimate of drug-likeness (QED) is 0.537. The van der Waals surface area contributed by atoms with Gasteiger partial charge in [0.2, 0.25) is 5.88 Å². The minimum absolute atomic E-state index is 0.0768. The van der Waals surface area contributed by atoms with Crippen LogP contribution in [0.15, 0.2) is 14.1 Å². The number of hydrogen-bond acceptors (Lipinski definition) is 3. The molecular weight excluding hydrogens is 204 g/mol. The van der Waals surface area contributed by atoms with Crippen molar-refractivity contribution in [2.24, 2.45) is 0 Å². The number of hydrogen-bond donors (Lipinski definition) is 3. The molecule has 0 amide bonds. The lowest BCUT2D eigenvalue weighted by molar-refractivity contribution is 0.444. The van der Waals surface area contributed by atoms with E-state index in [4.69, 9.17) is 5.11 Å². The second-order valence-corrected chi connectivity index (χ2v) is 2.36. The molecule has 3 N–H and O–H groups in total. The van der Waals surface area contributed by atoms with E-state index in [0.717, 1.165) is 0 Å². The smallest absolute Gasteiger partial charge is 0.328 e. The maximum absolute atomic E-state index is 10.6. The molecule has 1 aromatic heterocycles. The third-order valence-electron chi connectivity index (χ3n) is 0.866. The van der Waals surface area contributed by atoms with Crippen molar-refractivity contribution in [3.63, 3.8) is 0 Å². The Morgan fingerprint density at radius 2 is 1.90 bits per heavy atom. The summed E-state index contributed by atoms with van der Waals surface area (Å²) < 4.78 is -0.0768. The van der Waals surface area contributed by atoms with Crippen LogP contribution in [-0.4, -0.2) is 15.1 Å². The molecule has 0 saturated heterocycles. The molecule has 10 heavy (non-hydrogen) atoms. The topological polar surface area (TPSA) is 85.9 Å². The summed E-state index contributed by atoms with van der Waals surface area (Å²) in [5.41, 5.74) is -1.38. The number of H-pyrrole nitrogens is 2. The van der Waals surface area contributed by atoms with Crippen molar-refractivity contribution in [3.05, 3.63) is 25.3 Å². The van der Waals surface area contributed by atoms with E-state index in [9.17, 15) is 9.59 Å². The van der Waals surface area contributed by atoms with Crippen molar-refractivity contribution in [1.82, 2.24) is 9.97 Å². The summed E-state index contributed by atoms with van der Waals surface area (Å²) in [7, 11) is 0. The summed E-state index contributed by atoms with van der Waals surface area (Å²) in [5, 5.41) is 8.76. The average Bonchev–Trinajstić information content (AvgIpc) is 1.82. The molecule has 0 spiro atoms. The van der Waals surface area contributed by atoms with Crippen LogP contribution in [0.4, 0.5) is 0 Å². The van der Waals surface area contributed by atoms with Crippen LogP contribution in [0.5, 0.6) is 5.88 Å². The van der Waals surface area contributed by atoms with Crippen molar-refractivity contribution in [2.45, 2.75) is 0 Å². The van der Waals surface area contributed by atoms with Gasteiger partial charge in [-0.1, -0.05) is 0 Å². The van der Waals surface area contributed by atoms with Gasteiger partial charge in [0.1, 0.15) is 4.47 Å². The summed E-state index contributed by atoms with van der Waals surface area (Å²) in [6.45, 7) is 0. The molecule has 0 fully saturated rings. The predicted molar refractivity (Wildman–Crippen MR) is 37.0 cm³/mol. The average molecular weight is 207 g/mol. The Morgan fingerprint density at radius 1 is 1.30 bits per heavy atom. The zero-order valence-electron chi connectivity index (χ0n) is 4.64. The Balaban J connectivity index is 3.62. The van der Waals surface area contributed by atoms with Gasteiger partial charge in [-0.05, 0) is 15.9 Å². The number of aromatic nitrogens is 2. The summed E-state index contributed by atoms with van der Waals surface area (Å²) in [5.74, 6) is -0.464. The first-order chi connectivity index (χ1) is 4.61. The van der Waals surface area contributed by atoms with Crippen LogP contribution >= 0.6 is 15.9 Å². The molecule has 0 aliphatic carbocycles. The van der Waals surface area contributed by atoms with Crippen molar-refractivity contribution in [3.8, 4) is 5.88 Å². The van der Waals surface area contributed by atoms with E-state index in [1.807, 2.05) is 9.97 Å². The Bertz CT molecular complexity index is 352. The molecule has 0 radical (unpaired) electrons. The zero-order valence-corrected chi connectivity index (χ0v) is 6.23. The Hall–Kier alpha value is -1.04. The van der Waals surface area contributed by atoms with Gasteiger partial charge < -0.3 is 5.11 Å². The van der Waals surface area contributed by atoms with Gasteiger partial charge >= 0.3 is 5.69 Å². The molecule has 1 rings (SSSR count). The highest BCUT2D eigenvalue weighted by Crippen LogP contribution is 2.11. The van der Waals surface area contributed by atoms with E-state index in [2.05, 4.69) is 15.9 Å². The molecule has 1 aromatic rings. The number of aromatic amines is 2. The first-order valence-electron chi connectivity index (χ1n) is 2.32. The number of rotatable bonds is 0. The van der Waals surface area contributed by atoms with Crippen LogP contribution in [0.1, 0.15) is 0 Å². The lowest BCUT2D eigenvalue weighted by atomic mass is 10.6. The molecule has 0 bridgehead atoms. The van der Waals surface area contributed by atoms with Crippen molar-refractivity contribution in [1.29, 1.82) is 0 Å². The van der Waals surface area contributed by atoms with Gasteiger partial charge in [-0.2, -0.15) is 0 Å². The largest absolute Gasteiger partial charge is 0.494 e. The molecule has 54 valence electrons. The first kappa shape index (κ1) is 7.07. The SMILES string of the molecule is O=c1[nH]c(O)c(Br)c(=O)[nH]1. The summed E-state index contributed by atoms with van der Waals surface area (Å²) in [4.78, 5) is 24.8. The molecule has 0 atom stereocenters. The Morgan fingerprint density at radius 3 is 2.40 bits per heavy atom. The molecule has 0 aromatic carbocycles. The first-order valence-corrected chi connectivity index (χ1v) is 3.11. The van der Waals surface area contributed by atoms with Crippen LogP contribution in [0.3, 0.4) is 0 Å². The van der Waals surface area contributed by atoms with Gasteiger partial charge in [0.05, 0.1) is 0 Å². The maximum Gasteiger partial charge on any atom is 0.328 e. The number of halogens is 1. The van der Waals surface area contributed by atoms with Gasteiger partial charge in [-0.25, -0.2) is 4.79 Å². The van der Waals surface area contributed by atoms with Crippen LogP contribution in [0, 0.1) is 0 Å². The lowest BCUT2D eigenvalue weighted by Gasteiger charge is -1.90. The molecule has 0 unspecified atom stereocenters. The van der Waals surface area contributed by atoms with Gasteiger partial charge in [0.25, 0.3) is 5.56 Å². The van der Waals surface area contributed by atoms with Crippen LogP contribution < -0.4 is 11.2 Å². The standard InChI is InChI=1S/C4H3BrN2O3/c5-1-2(8)6-4(10)7-3(1)9/h(H3,6,7,8,9,10). The van der Waals surface area contributed by atoms with Gasteiger partial charge in [-0.15, -0.1) is 0 Å². The fourth-order valence-electron chi connectivity index (χ4n) is 0.459. The van der Waals surface area contributed by atoms with Crippen molar-refractivity contribution >= 4 is 15.9 Å². The fourth-order valence-corrected chi connectivity index (χ4v) is 0.657. The van der Waals surface area contributed by atoms with E-state index in [0.29, 0.717) is 0 Å². The normalized spacial score (nSPS) is 9.70. The van der Waals surface area contributed by atoms with Crippen molar-refractivity contribution in [2.75, 3.05) is 0 Å². The monoisotopic (exact) mass is 206 g/mol. The van der Waals surface area contributed by atoms with Crippen LogP contribution in [0.25, 0.3) is 0 Å². The second kappa shape index (κ2) is 2.30. The van der Waals surface area contributed by atoms with Gasteiger partial charge in [0, 0.05) is 0 Å². The van der Waals surface area contributed by atoms with Crippen molar-refractivity contribution < 1.29 is 5.11 Å². The van der Waals surface area contributed by atoms with E-state index in [-0.39, 0.29) is 4.47 Å². The Kier molecular flexibility index (Phi) is 1.62. The van der Waals surface area contributed by atoms with E-state index in [1.165, 1.54) is 0 Å². The third kappa shape index (κ3) is 1.10. The molecule has 5 nitrogen and oxygen atoms in total. The minimum Gasteiger partial charge on any atom is -0.494 e. The molecule has 0 aliphatic heterocycles. The van der Waals surface area contributed by atoms with E-state index < -0.39 is 17.1 Å². The van der Waals surface area contributed by atoms with Crippen LogP contribution in [0.2, 0.25) is 0 Å². The molecule has 1 heterocycles. The third-order valence-corrected chi connectivity index (χ3v) is 1.60. The van der Waals surface area contributed by atoms with Crippen LogP contribution in [-0.2, 0) is 0 Å². The number of nitrogens with one attached hydrogen (secondary N) is 2. The highest BCUT2D eigenvalue weighted by Gasteiger charge is 2.01. The van der Waals surface area contributed by atoms with E-state index in [1.54, 1.807) is 0 Å². The lowest BCUT2D eigenvalue weighted by Crippen LogP contribution is -2.21. The minimum atomic E-state index is -0.731. The van der Waals surface area contributed by atoms with E-state index >= 15 is 0 Å². The highest BCUT2D eigenvalue weighted by atomic mass is 79.9. The molecule has 6 heteroatoms. The van der Waals surface area contributed by atoms with Gasteiger partial charge in [0.15, 0.2) is 0 Å². The zero-order chi connectivity index (χ0) is 7.72. The predicted octanol–water partition coefficient (Wildman–Crippen LogP) is -0.469. The highest BCUT2D eigenvalue weighted by molar-refractivity contribution is 9.10. The fraction of sp³-hybridized carbons (Fsp3) is 0.